The predicted octanol–water partition coefficient (Wildman–Crippen LogP) is 3.48. The minimum absolute atomic E-state index is 0.114. The van der Waals surface area contributed by atoms with Crippen molar-refractivity contribution in [3.63, 3.8) is 0 Å². The lowest BCUT2D eigenvalue weighted by Crippen LogP contribution is -2.42. The van der Waals surface area contributed by atoms with Gasteiger partial charge in [0.05, 0.1) is 0 Å². The highest BCUT2D eigenvalue weighted by Gasteiger charge is 2.18. The van der Waals surface area contributed by atoms with Gasteiger partial charge in [0, 0.05) is 39.3 Å². The van der Waals surface area contributed by atoms with Gasteiger partial charge in [0.2, 0.25) is 0 Å². The van der Waals surface area contributed by atoms with Crippen molar-refractivity contribution in [3.05, 3.63) is 35.9 Å². The fourth-order valence-corrected chi connectivity index (χ4v) is 3.03. The zero-order valence-corrected chi connectivity index (χ0v) is 14.5. The van der Waals surface area contributed by atoms with Gasteiger partial charge >= 0.3 is 6.03 Å². The summed E-state index contributed by atoms with van der Waals surface area (Å²) in [6.45, 7) is 7.71. The first kappa shape index (κ1) is 17.8. The fraction of sp³-hybridized carbons (Fsp3) is 0.632. The van der Waals surface area contributed by atoms with Crippen LogP contribution in [-0.2, 0) is 6.54 Å². The zero-order chi connectivity index (χ0) is 16.3. The van der Waals surface area contributed by atoms with E-state index in [0.717, 1.165) is 52.1 Å². The quantitative estimate of drug-likeness (QED) is 0.782. The summed E-state index contributed by atoms with van der Waals surface area (Å²) in [5.74, 6) is 0. The molecule has 2 amide bonds. The molecule has 4 heteroatoms. The molecule has 4 nitrogen and oxygen atoms in total. The third kappa shape index (κ3) is 6.61. The van der Waals surface area contributed by atoms with Gasteiger partial charge in [0.15, 0.2) is 0 Å². The smallest absolute Gasteiger partial charge is 0.317 e. The maximum absolute atomic E-state index is 12.2. The summed E-state index contributed by atoms with van der Waals surface area (Å²) < 4.78 is 0. The van der Waals surface area contributed by atoms with Crippen LogP contribution in [0.25, 0.3) is 0 Å². The first-order valence-corrected chi connectivity index (χ1v) is 9.08. The molecule has 0 spiro atoms. The number of amides is 2. The molecule has 2 rings (SSSR count). The van der Waals surface area contributed by atoms with E-state index in [1.807, 2.05) is 4.90 Å². The largest absolute Gasteiger partial charge is 0.338 e. The third-order valence-electron chi connectivity index (χ3n) is 4.43. The van der Waals surface area contributed by atoms with Crippen LogP contribution in [0.1, 0.15) is 44.6 Å². The van der Waals surface area contributed by atoms with E-state index in [1.165, 1.54) is 24.8 Å². The Hall–Kier alpha value is -1.55. The molecule has 1 N–H and O–H groups in total. The Kier molecular flexibility index (Phi) is 7.95. The molecule has 0 bridgehead atoms. The fourth-order valence-electron chi connectivity index (χ4n) is 3.03. The molecule has 128 valence electrons. The minimum Gasteiger partial charge on any atom is -0.338 e. The van der Waals surface area contributed by atoms with Crippen molar-refractivity contribution in [1.82, 2.24) is 15.1 Å². The first-order chi connectivity index (χ1) is 11.3. The zero-order valence-electron chi connectivity index (χ0n) is 14.5. The number of carbonyl (C=O) groups excluding carboxylic acids is 1. The summed E-state index contributed by atoms with van der Waals surface area (Å²) in [5, 5.41) is 3.07. The Morgan fingerprint density at radius 1 is 1.04 bits per heavy atom. The second kappa shape index (κ2) is 10.3. The molecule has 0 aromatic heterocycles. The topological polar surface area (TPSA) is 35.6 Å². The Morgan fingerprint density at radius 3 is 2.65 bits per heavy atom. The van der Waals surface area contributed by atoms with Crippen molar-refractivity contribution in [2.24, 2.45) is 0 Å². The van der Waals surface area contributed by atoms with Gasteiger partial charge in [-0.15, -0.1) is 0 Å². The molecule has 23 heavy (non-hydrogen) atoms. The summed E-state index contributed by atoms with van der Waals surface area (Å²) >= 11 is 0. The number of urea groups is 1. The first-order valence-electron chi connectivity index (χ1n) is 9.08. The number of benzene rings is 1. The van der Waals surface area contributed by atoms with Crippen LogP contribution < -0.4 is 5.32 Å². The predicted molar refractivity (Wildman–Crippen MR) is 95.4 cm³/mol. The normalized spacial score (nSPS) is 16.1. The standard InChI is InChI=1S/C19H31N3O/c1-2-3-4-8-12-20-19(23)22-14-9-13-21(15-16-22)17-18-10-6-5-7-11-18/h5-7,10-11H,2-4,8-9,12-17H2,1H3,(H,20,23). The van der Waals surface area contributed by atoms with Crippen LogP contribution in [0.15, 0.2) is 30.3 Å². The van der Waals surface area contributed by atoms with Crippen LogP contribution in [0.2, 0.25) is 0 Å². The lowest BCUT2D eigenvalue weighted by atomic mass is 10.2. The van der Waals surface area contributed by atoms with Crippen LogP contribution in [0.5, 0.6) is 0 Å². The molecular weight excluding hydrogens is 286 g/mol. The molecule has 0 aliphatic carbocycles. The number of rotatable bonds is 7. The number of hydrogen-bond acceptors (Lipinski definition) is 2. The molecule has 1 fully saturated rings. The van der Waals surface area contributed by atoms with Crippen molar-refractivity contribution < 1.29 is 4.79 Å². The monoisotopic (exact) mass is 317 g/mol. The van der Waals surface area contributed by atoms with E-state index in [9.17, 15) is 4.79 Å². The molecule has 1 heterocycles. The molecule has 0 saturated carbocycles. The highest BCUT2D eigenvalue weighted by molar-refractivity contribution is 5.74. The highest BCUT2D eigenvalue weighted by atomic mass is 16.2. The van der Waals surface area contributed by atoms with Crippen molar-refractivity contribution in [2.45, 2.75) is 45.6 Å². The Labute approximate surface area is 140 Å². The van der Waals surface area contributed by atoms with Gasteiger partial charge in [-0.05, 0) is 18.4 Å². The van der Waals surface area contributed by atoms with E-state index in [0.29, 0.717) is 0 Å². The van der Waals surface area contributed by atoms with Gasteiger partial charge in [0.1, 0.15) is 0 Å². The van der Waals surface area contributed by atoms with Crippen molar-refractivity contribution in [1.29, 1.82) is 0 Å². The lowest BCUT2D eigenvalue weighted by molar-refractivity contribution is 0.197. The summed E-state index contributed by atoms with van der Waals surface area (Å²) in [6.07, 6.45) is 5.84. The molecular formula is C19H31N3O. The van der Waals surface area contributed by atoms with Crippen molar-refractivity contribution >= 4 is 6.03 Å². The van der Waals surface area contributed by atoms with Crippen LogP contribution in [0.3, 0.4) is 0 Å². The summed E-state index contributed by atoms with van der Waals surface area (Å²) in [6, 6.07) is 10.7. The molecule has 0 atom stereocenters. The third-order valence-corrected chi connectivity index (χ3v) is 4.43. The summed E-state index contributed by atoms with van der Waals surface area (Å²) in [4.78, 5) is 16.7. The van der Waals surface area contributed by atoms with E-state index >= 15 is 0 Å². The van der Waals surface area contributed by atoms with Gasteiger partial charge in [-0.25, -0.2) is 4.79 Å². The Bertz CT molecular complexity index is 449. The van der Waals surface area contributed by atoms with Crippen LogP contribution in [0, 0.1) is 0 Å². The number of hydrogen-bond donors (Lipinski definition) is 1. The molecule has 0 radical (unpaired) electrons. The van der Waals surface area contributed by atoms with E-state index in [-0.39, 0.29) is 6.03 Å². The number of nitrogens with one attached hydrogen (secondary N) is 1. The number of carbonyl (C=O) groups is 1. The maximum atomic E-state index is 12.2. The Morgan fingerprint density at radius 2 is 1.87 bits per heavy atom. The van der Waals surface area contributed by atoms with Crippen LogP contribution in [0.4, 0.5) is 4.79 Å². The summed E-state index contributed by atoms with van der Waals surface area (Å²) in [7, 11) is 0. The second-order valence-corrected chi connectivity index (χ2v) is 6.39. The molecule has 1 saturated heterocycles. The van der Waals surface area contributed by atoms with Gasteiger partial charge in [0.25, 0.3) is 0 Å². The number of nitrogens with zero attached hydrogens (tertiary/aromatic N) is 2. The van der Waals surface area contributed by atoms with Gasteiger partial charge in [-0.2, -0.15) is 0 Å². The van der Waals surface area contributed by atoms with E-state index in [1.54, 1.807) is 0 Å². The van der Waals surface area contributed by atoms with Crippen LogP contribution >= 0.6 is 0 Å². The second-order valence-electron chi connectivity index (χ2n) is 6.39. The number of unbranched alkanes of at least 4 members (excludes halogenated alkanes) is 3. The summed E-state index contributed by atoms with van der Waals surface area (Å²) in [5.41, 5.74) is 1.35. The lowest BCUT2D eigenvalue weighted by Gasteiger charge is -2.22. The SMILES string of the molecule is CCCCCCNC(=O)N1CCCN(Cc2ccccc2)CC1. The molecule has 1 aromatic carbocycles. The van der Waals surface area contributed by atoms with Gasteiger partial charge in [-0.3, -0.25) is 4.90 Å². The van der Waals surface area contributed by atoms with E-state index in [2.05, 4.69) is 47.5 Å². The van der Waals surface area contributed by atoms with Crippen LogP contribution in [-0.4, -0.2) is 48.6 Å². The van der Waals surface area contributed by atoms with E-state index < -0.39 is 0 Å². The van der Waals surface area contributed by atoms with Gasteiger partial charge < -0.3 is 10.2 Å². The highest BCUT2D eigenvalue weighted by Crippen LogP contribution is 2.09. The Balaban J connectivity index is 1.69. The average molecular weight is 317 g/mol. The molecule has 0 unspecified atom stereocenters. The molecule has 1 aromatic rings. The average Bonchev–Trinajstić information content (AvgIpc) is 2.81. The van der Waals surface area contributed by atoms with Crippen molar-refractivity contribution in [3.8, 4) is 0 Å². The molecule has 1 aliphatic heterocycles. The van der Waals surface area contributed by atoms with Gasteiger partial charge in [-0.1, -0.05) is 56.5 Å². The maximum Gasteiger partial charge on any atom is 0.317 e. The van der Waals surface area contributed by atoms with Crippen molar-refractivity contribution in [2.75, 3.05) is 32.7 Å². The minimum atomic E-state index is 0.114. The molecule has 1 aliphatic rings. The van der Waals surface area contributed by atoms with E-state index in [4.69, 9.17) is 0 Å².